The summed E-state index contributed by atoms with van der Waals surface area (Å²) in [6.07, 6.45) is 0.117. The smallest absolute Gasteiger partial charge is 0.255 e. The van der Waals surface area contributed by atoms with E-state index in [4.69, 9.17) is 13.0 Å². The highest BCUT2D eigenvalue weighted by atomic mass is 19.1. The van der Waals surface area contributed by atoms with Crippen LogP contribution in [0.2, 0.25) is 0 Å². The number of hydrogen-bond acceptors (Lipinski definition) is 6. The predicted octanol–water partition coefficient (Wildman–Crippen LogP) is 2.03. The number of piperidine rings is 1. The van der Waals surface area contributed by atoms with E-state index in [0.29, 0.717) is 26.3 Å². The molecule has 34 heavy (non-hydrogen) atoms. The number of benzene rings is 2. The lowest BCUT2D eigenvalue weighted by molar-refractivity contribution is -0.136. The summed E-state index contributed by atoms with van der Waals surface area (Å²) in [5.74, 6) is -2.78. The fourth-order valence-electron chi connectivity index (χ4n) is 4.35. The number of halogens is 1. The van der Waals surface area contributed by atoms with Gasteiger partial charge in [-0.25, -0.2) is 4.39 Å². The van der Waals surface area contributed by atoms with Gasteiger partial charge < -0.3 is 15.0 Å². The maximum Gasteiger partial charge on any atom is 0.255 e. The fraction of sp³-hybridized carbons (Fsp3) is 0.400. The van der Waals surface area contributed by atoms with Crippen molar-refractivity contribution in [1.29, 1.82) is 0 Å². The molecule has 0 radical (unpaired) electrons. The molecule has 0 saturated carbocycles. The van der Waals surface area contributed by atoms with Crippen molar-refractivity contribution in [1.82, 2.24) is 15.1 Å². The Morgan fingerprint density at radius 3 is 2.79 bits per heavy atom. The largest absolute Gasteiger partial charge is 0.381 e. The number of amides is 3. The van der Waals surface area contributed by atoms with Crippen molar-refractivity contribution in [2.45, 2.75) is 38.5 Å². The highest BCUT2D eigenvalue weighted by Crippen LogP contribution is 2.32. The Labute approximate surface area is 205 Å². The van der Waals surface area contributed by atoms with Gasteiger partial charge in [-0.05, 0) is 30.1 Å². The number of carbonyl (C=O) groups excluding carboxylic acids is 3. The highest BCUT2D eigenvalue weighted by molar-refractivity contribution is 6.06. The van der Waals surface area contributed by atoms with E-state index in [1.54, 1.807) is 0 Å². The summed E-state index contributed by atoms with van der Waals surface area (Å²) in [7, 11) is 0. The molecule has 2 N–H and O–H groups in total. The summed E-state index contributed by atoms with van der Waals surface area (Å²) in [5, 5.41) is 5.01. The summed E-state index contributed by atoms with van der Waals surface area (Å²) in [4.78, 5) is 40.4. The van der Waals surface area contributed by atoms with Crippen LogP contribution in [0, 0.1) is 5.82 Å². The lowest BCUT2D eigenvalue weighted by atomic mass is 10.0. The van der Waals surface area contributed by atoms with E-state index in [1.165, 1.54) is 4.90 Å². The lowest BCUT2D eigenvalue weighted by Gasteiger charge is -2.29. The van der Waals surface area contributed by atoms with Crippen LogP contribution in [0.3, 0.4) is 0 Å². The molecule has 3 aliphatic rings. The first-order valence-electron chi connectivity index (χ1n) is 14.1. The van der Waals surface area contributed by atoms with Crippen LogP contribution >= 0.6 is 0 Å². The second-order valence-corrected chi connectivity index (χ2v) is 8.39. The van der Waals surface area contributed by atoms with Crippen LogP contribution in [0.4, 0.5) is 10.1 Å². The number of fused-ring (bicyclic) bond motifs is 1. The van der Waals surface area contributed by atoms with Gasteiger partial charge in [0.25, 0.3) is 5.91 Å². The molecule has 178 valence electrons. The van der Waals surface area contributed by atoms with E-state index in [-0.39, 0.29) is 59.9 Å². The monoisotopic (exact) mass is 472 g/mol. The Morgan fingerprint density at radius 2 is 2.00 bits per heavy atom. The summed E-state index contributed by atoms with van der Waals surface area (Å²) in [6, 6.07) is -3.62. The molecule has 2 aromatic carbocycles. The quantitative estimate of drug-likeness (QED) is 0.626. The summed E-state index contributed by atoms with van der Waals surface area (Å²) in [6.45, 7) is 1.63. The van der Waals surface area contributed by atoms with Crippen molar-refractivity contribution < 1.29 is 31.7 Å². The van der Waals surface area contributed by atoms with Crippen LogP contribution in [-0.2, 0) is 34.0 Å². The third-order valence-corrected chi connectivity index (χ3v) is 6.19. The number of carbonyl (C=O) groups is 3. The Morgan fingerprint density at radius 1 is 1.18 bits per heavy atom. The second-order valence-electron chi connectivity index (χ2n) is 8.39. The molecule has 3 aliphatic heterocycles. The number of rotatable bonds is 6. The molecule has 1 unspecified atom stereocenters. The first-order chi connectivity index (χ1) is 19.0. The zero-order chi connectivity index (χ0) is 28.9. The molecule has 0 aliphatic carbocycles. The Balaban J connectivity index is 1.45. The van der Waals surface area contributed by atoms with Gasteiger partial charge in [0.1, 0.15) is 11.9 Å². The molecule has 2 fully saturated rings. The molecule has 2 aromatic rings. The maximum atomic E-state index is 15.4. The van der Waals surface area contributed by atoms with Gasteiger partial charge in [0.15, 0.2) is 0 Å². The summed E-state index contributed by atoms with van der Waals surface area (Å²) >= 11 is 0. The molecule has 5 rings (SSSR count). The summed E-state index contributed by atoms with van der Waals surface area (Å²) < 4.78 is 70.8. The van der Waals surface area contributed by atoms with E-state index in [1.807, 2.05) is 4.90 Å². The van der Waals surface area contributed by atoms with Crippen molar-refractivity contribution in [2.75, 3.05) is 31.6 Å². The topological polar surface area (TPSA) is 91.0 Å². The van der Waals surface area contributed by atoms with E-state index in [9.17, 15) is 14.4 Å². The minimum absolute atomic E-state index is 0.0285. The number of nitrogens with zero attached hydrogens (tertiary/aromatic N) is 2. The third-order valence-electron chi connectivity index (χ3n) is 6.19. The number of hydrogen-bond donors (Lipinski definition) is 2. The fourth-order valence-corrected chi connectivity index (χ4v) is 4.35. The standard InChI is InChI=1S/C25H27FN4O4/c26-20-12-16(14-29-8-10-34-11-9-29)4-5-17(20)13-27-21-3-1-2-18-19(21)15-30(25(18)33)22-6-7-23(31)28-24(22)32/h1-5,12,22,27H,6-11,13-15H2,(H,28,31,32)/i1D,2D,3D,4D,5D,12D. The number of imide groups is 1. The first-order valence-corrected chi connectivity index (χ1v) is 11.1. The average molecular weight is 473 g/mol. The number of ether oxygens (including phenoxy) is 1. The molecule has 1 atom stereocenters. The van der Waals surface area contributed by atoms with E-state index < -0.39 is 66.3 Å². The molecule has 2 saturated heterocycles. The van der Waals surface area contributed by atoms with Gasteiger partial charge in [-0.15, -0.1) is 0 Å². The SMILES string of the molecule is [2H]c1c([2H])c(NCc2c([2H])c([2H])c(CN3CCOCC3)c([2H])c2F)c2c(c1[2H])C(=O)N(C1CCC(=O)NC1=O)C2. The van der Waals surface area contributed by atoms with Crippen molar-refractivity contribution in [3.63, 3.8) is 0 Å². The van der Waals surface area contributed by atoms with Crippen LogP contribution in [0.25, 0.3) is 0 Å². The molecular formula is C25H27FN4O4. The predicted molar refractivity (Wildman–Crippen MR) is 122 cm³/mol. The van der Waals surface area contributed by atoms with Gasteiger partial charge in [-0.1, -0.05) is 18.1 Å². The van der Waals surface area contributed by atoms with Crippen molar-refractivity contribution >= 4 is 23.4 Å². The van der Waals surface area contributed by atoms with E-state index in [0.717, 1.165) is 0 Å². The van der Waals surface area contributed by atoms with Crippen LogP contribution in [0.1, 0.15) is 48.1 Å². The first kappa shape index (κ1) is 16.3. The second kappa shape index (κ2) is 9.52. The normalized spacial score (nSPS) is 23.4. The van der Waals surface area contributed by atoms with Crippen molar-refractivity contribution in [3.8, 4) is 0 Å². The van der Waals surface area contributed by atoms with Gasteiger partial charge in [-0.2, -0.15) is 0 Å². The lowest BCUT2D eigenvalue weighted by Crippen LogP contribution is -2.52. The Kier molecular flexibility index (Phi) is 4.58. The molecule has 3 amide bonds. The van der Waals surface area contributed by atoms with Crippen molar-refractivity contribution in [3.05, 3.63) is 64.3 Å². The van der Waals surface area contributed by atoms with Crippen LogP contribution in [0.5, 0.6) is 0 Å². The van der Waals surface area contributed by atoms with Crippen LogP contribution in [-0.4, -0.2) is 59.9 Å². The third kappa shape index (κ3) is 4.53. The van der Waals surface area contributed by atoms with Gasteiger partial charge in [0.2, 0.25) is 11.8 Å². The van der Waals surface area contributed by atoms with Gasteiger partial charge in [0.05, 0.1) is 21.4 Å². The van der Waals surface area contributed by atoms with Gasteiger partial charge in [-0.3, -0.25) is 24.6 Å². The van der Waals surface area contributed by atoms with Crippen LogP contribution in [0.15, 0.2) is 36.3 Å². The Hall–Kier alpha value is -3.30. The maximum absolute atomic E-state index is 15.4. The van der Waals surface area contributed by atoms with E-state index in [2.05, 4.69) is 10.6 Å². The minimum Gasteiger partial charge on any atom is -0.381 e. The van der Waals surface area contributed by atoms with Crippen LogP contribution < -0.4 is 10.6 Å². The molecular weight excluding hydrogens is 439 g/mol. The molecule has 0 aromatic heterocycles. The Bertz CT molecular complexity index is 1410. The van der Waals surface area contributed by atoms with Gasteiger partial charge in [0, 0.05) is 61.5 Å². The number of anilines is 1. The minimum atomic E-state index is -0.982. The van der Waals surface area contributed by atoms with Gasteiger partial charge >= 0.3 is 0 Å². The summed E-state index contributed by atoms with van der Waals surface area (Å²) in [5.41, 5.74) is -0.209. The average Bonchev–Trinajstić information content (AvgIpc) is 3.27. The molecule has 0 spiro atoms. The zero-order valence-corrected chi connectivity index (χ0v) is 18.3. The van der Waals surface area contributed by atoms with Crippen molar-refractivity contribution in [2.24, 2.45) is 0 Å². The highest BCUT2D eigenvalue weighted by Gasteiger charge is 2.39. The molecule has 0 bridgehead atoms. The number of morpholine rings is 1. The zero-order valence-electron chi connectivity index (χ0n) is 24.3. The van der Waals surface area contributed by atoms with E-state index >= 15 is 4.39 Å². The number of nitrogens with one attached hydrogen (secondary N) is 2. The molecule has 9 heteroatoms. The molecule has 8 nitrogen and oxygen atoms in total. The molecule has 3 heterocycles.